The number of halogens is 1. The van der Waals surface area contributed by atoms with Crippen LogP contribution in [0.5, 0.6) is 0 Å². The Hall–Kier alpha value is -3.32. The van der Waals surface area contributed by atoms with Gasteiger partial charge in [0.1, 0.15) is 18.2 Å². The molecule has 0 aliphatic rings. The standard InChI is InChI=1S/C24H26FN3O3/c1-15-4-6-18(7-5-15)16(2)26-22(30)14-28-23(19-8-10-20(25)11-9-19)27-17(3)21(12-13-29)24(28)31/h4-11,16,29H,12-14H2,1-3H3,(H,26,30)/t16-/m1/s1. The highest BCUT2D eigenvalue weighted by Crippen LogP contribution is 2.19. The van der Waals surface area contributed by atoms with Gasteiger partial charge in [-0.15, -0.1) is 0 Å². The number of benzene rings is 2. The van der Waals surface area contributed by atoms with Gasteiger partial charge in [0.2, 0.25) is 5.91 Å². The minimum Gasteiger partial charge on any atom is -0.396 e. The molecule has 31 heavy (non-hydrogen) atoms. The summed E-state index contributed by atoms with van der Waals surface area (Å²) >= 11 is 0. The second-order valence-electron chi connectivity index (χ2n) is 7.57. The molecule has 6 nitrogen and oxygen atoms in total. The second kappa shape index (κ2) is 9.66. The van der Waals surface area contributed by atoms with Crippen molar-refractivity contribution in [2.24, 2.45) is 0 Å². The molecule has 1 atom stereocenters. The summed E-state index contributed by atoms with van der Waals surface area (Å²) in [5.74, 6) is -0.475. The Balaban J connectivity index is 1.94. The average Bonchev–Trinajstić information content (AvgIpc) is 2.74. The molecular formula is C24H26FN3O3. The van der Waals surface area contributed by atoms with Crippen molar-refractivity contribution in [3.8, 4) is 11.4 Å². The van der Waals surface area contributed by atoms with E-state index in [9.17, 15) is 19.1 Å². The molecule has 0 saturated carbocycles. The fourth-order valence-corrected chi connectivity index (χ4v) is 3.44. The van der Waals surface area contributed by atoms with E-state index in [2.05, 4.69) is 10.3 Å². The molecule has 0 spiro atoms. The van der Waals surface area contributed by atoms with Gasteiger partial charge in [-0.05, 0) is 50.6 Å². The first-order valence-corrected chi connectivity index (χ1v) is 10.1. The maximum Gasteiger partial charge on any atom is 0.257 e. The molecule has 1 heterocycles. The van der Waals surface area contributed by atoms with E-state index in [0.717, 1.165) is 11.1 Å². The second-order valence-corrected chi connectivity index (χ2v) is 7.57. The molecule has 162 valence electrons. The van der Waals surface area contributed by atoms with Crippen LogP contribution < -0.4 is 10.9 Å². The van der Waals surface area contributed by atoms with Crippen LogP contribution in [0.15, 0.2) is 53.3 Å². The normalized spacial score (nSPS) is 11.9. The van der Waals surface area contributed by atoms with Gasteiger partial charge in [-0.3, -0.25) is 14.2 Å². The number of carbonyl (C=O) groups excluding carboxylic acids is 1. The van der Waals surface area contributed by atoms with E-state index in [1.54, 1.807) is 6.92 Å². The minimum absolute atomic E-state index is 0.142. The van der Waals surface area contributed by atoms with Crippen molar-refractivity contribution < 1.29 is 14.3 Å². The molecule has 2 aromatic carbocycles. The zero-order valence-electron chi connectivity index (χ0n) is 17.9. The van der Waals surface area contributed by atoms with Crippen LogP contribution >= 0.6 is 0 Å². The molecule has 0 unspecified atom stereocenters. The van der Waals surface area contributed by atoms with Gasteiger partial charge >= 0.3 is 0 Å². The van der Waals surface area contributed by atoms with Crippen molar-refractivity contribution in [1.82, 2.24) is 14.9 Å². The summed E-state index contributed by atoms with van der Waals surface area (Å²) in [6, 6.07) is 13.2. The molecule has 0 bridgehead atoms. The summed E-state index contributed by atoms with van der Waals surface area (Å²) in [6.07, 6.45) is 0.142. The number of rotatable bonds is 7. The van der Waals surface area contributed by atoms with Crippen LogP contribution in [0.1, 0.15) is 35.3 Å². The van der Waals surface area contributed by atoms with Crippen molar-refractivity contribution in [2.75, 3.05) is 6.61 Å². The highest BCUT2D eigenvalue weighted by molar-refractivity contribution is 5.77. The van der Waals surface area contributed by atoms with E-state index in [0.29, 0.717) is 16.8 Å². The van der Waals surface area contributed by atoms with Crippen LogP contribution in [0, 0.1) is 19.7 Å². The van der Waals surface area contributed by atoms with E-state index < -0.39 is 5.82 Å². The van der Waals surface area contributed by atoms with Gasteiger partial charge in [0.15, 0.2) is 0 Å². The SMILES string of the molecule is Cc1ccc([C@@H](C)NC(=O)Cn2c(-c3ccc(F)cc3)nc(C)c(CCO)c2=O)cc1. The van der Waals surface area contributed by atoms with Crippen molar-refractivity contribution in [3.05, 3.63) is 87.1 Å². The fourth-order valence-electron chi connectivity index (χ4n) is 3.44. The molecule has 7 heteroatoms. The Bertz CT molecular complexity index is 1120. The van der Waals surface area contributed by atoms with Crippen LogP contribution in [0.4, 0.5) is 4.39 Å². The van der Waals surface area contributed by atoms with E-state index in [4.69, 9.17) is 0 Å². The molecule has 2 N–H and O–H groups in total. The summed E-state index contributed by atoms with van der Waals surface area (Å²) in [4.78, 5) is 30.4. The molecule has 0 aliphatic carbocycles. The van der Waals surface area contributed by atoms with Gasteiger partial charge in [-0.1, -0.05) is 29.8 Å². The molecule has 3 rings (SSSR count). The third-order valence-corrected chi connectivity index (χ3v) is 5.19. The van der Waals surface area contributed by atoms with Crippen molar-refractivity contribution in [3.63, 3.8) is 0 Å². The van der Waals surface area contributed by atoms with Crippen molar-refractivity contribution >= 4 is 5.91 Å². The summed E-state index contributed by atoms with van der Waals surface area (Å²) in [5.41, 5.74) is 3.04. The lowest BCUT2D eigenvalue weighted by Gasteiger charge is -2.18. The number of carbonyl (C=O) groups is 1. The number of amides is 1. The van der Waals surface area contributed by atoms with Crippen LogP contribution in [-0.4, -0.2) is 27.2 Å². The number of aryl methyl sites for hydroxylation is 2. The summed E-state index contributed by atoms with van der Waals surface area (Å²) in [5, 5.41) is 12.2. The Labute approximate surface area is 180 Å². The molecule has 0 fully saturated rings. The van der Waals surface area contributed by atoms with Crippen molar-refractivity contribution in [1.29, 1.82) is 0 Å². The number of aliphatic hydroxyl groups excluding tert-OH is 1. The van der Waals surface area contributed by atoms with Gasteiger partial charge in [0.05, 0.1) is 6.04 Å². The highest BCUT2D eigenvalue weighted by atomic mass is 19.1. The van der Waals surface area contributed by atoms with E-state index in [-0.39, 0.29) is 42.9 Å². The quantitative estimate of drug-likeness (QED) is 0.612. The maximum absolute atomic E-state index is 13.4. The number of hydrogen-bond acceptors (Lipinski definition) is 4. The molecule has 1 aromatic heterocycles. The lowest BCUT2D eigenvalue weighted by atomic mass is 10.1. The highest BCUT2D eigenvalue weighted by Gasteiger charge is 2.19. The third kappa shape index (κ3) is 5.24. The van der Waals surface area contributed by atoms with Gasteiger partial charge < -0.3 is 10.4 Å². The zero-order chi connectivity index (χ0) is 22.5. The van der Waals surface area contributed by atoms with E-state index in [1.165, 1.54) is 28.8 Å². The van der Waals surface area contributed by atoms with Gasteiger partial charge in [0.25, 0.3) is 5.56 Å². The Morgan fingerprint density at radius 2 is 1.77 bits per heavy atom. The number of aliphatic hydroxyl groups is 1. The Morgan fingerprint density at radius 1 is 1.13 bits per heavy atom. The van der Waals surface area contributed by atoms with Crippen LogP contribution in [0.25, 0.3) is 11.4 Å². The molecular weight excluding hydrogens is 397 g/mol. The van der Waals surface area contributed by atoms with E-state index >= 15 is 0 Å². The predicted molar refractivity (Wildman–Crippen MR) is 117 cm³/mol. The first-order chi connectivity index (χ1) is 14.8. The van der Waals surface area contributed by atoms with Gasteiger partial charge in [-0.2, -0.15) is 0 Å². The maximum atomic E-state index is 13.4. The topological polar surface area (TPSA) is 84.2 Å². The smallest absolute Gasteiger partial charge is 0.257 e. The Morgan fingerprint density at radius 3 is 2.39 bits per heavy atom. The van der Waals surface area contributed by atoms with Gasteiger partial charge in [-0.25, -0.2) is 9.37 Å². The number of nitrogens with zero attached hydrogens (tertiary/aromatic N) is 2. The predicted octanol–water partition coefficient (Wildman–Crippen LogP) is 3.08. The lowest BCUT2D eigenvalue weighted by Crippen LogP contribution is -2.36. The summed E-state index contributed by atoms with van der Waals surface area (Å²) in [6.45, 7) is 5.10. The first-order valence-electron chi connectivity index (χ1n) is 10.1. The number of nitrogens with one attached hydrogen (secondary N) is 1. The Kier molecular flexibility index (Phi) is 6.97. The molecule has 0 saturated heterocycles. The molecule has 0 radical (unpaired) electrons. The van der Waals surface area contributed by atoms with Crippen LogP contribution in [0.2, 0.25) is 0 Å². The number of aromatic nitrogens is 2. The van der Waals surface area contributed by atoms with Gasteiger partial charge in [0, 0.05) is 29.8 Å². The molecule has 0 aliphatic heterocycles. The first kappa shape index (κ1) is 22.4. The molecule has 1 amide bonds. The number of hydrogen-bond donors (Lipinski definition) is 2. The minimum atomic E-state index is -0.407. The zero-order valence-corrected chi connectivity index (χ0v) is 17.9. The van der Waals surface area contributed by atoms with Crippen LogP contribution in [0.3, 0.4) is 0 Å². The molecule has 3 aromatic rings. The summed E-state index contributed by atoms with van der Waals surface area (Å²) in [7, 11) is 0. The fraction of sp³-hybridized carbons (Fsp3) is 0.292. The monoisotopic (exact) mass is 423 g/mol. The third-order valence-electron chi connectivity index (χ3n) is 5.19. The average molecular weight is 423 g/mol. The largest absolute Gasteiger partial charge is 0.396 e. The van der Waals surface area contributed by atoms with Crippen molar-refractivity contribution in [2.45, 2.75) is 39.8 Å². The summed E-state index contributed by atoms with van der Waals surface area (Å²) < 4.78 is 14.7. The van der Waals surface area contributed by atoms with Crippen LogP contribution in [-0.2, 0) is 17.8 Å². The lowest BCUT2D eigenvalue weighted by molar-refractivity contribution is -0.122. The van der Waals surface area contributed by atoms with E-state index in [1.807, 2.05) is 38.1 Å².